The van der Waals surface area contributed by atoms with Crippen LogP contribution in [0.5, 0.6) is 0 Å². The Labute approximate surface area is 123 Å². The van der Waals surface area contributed by atoms with Crippen LogP contribution in [0.15, 0.2) is 17.4 Å². The molecule has 6 heteroatoms. The maximum absolute atomic E-state index is 11.5. The second kappa shape index (κ2) is 6.83. The minimum atomic E-state index is -0.667. The van der Waals surface area contributed by atoms with Crippen LogP contribution in [0.1, 0.15) is 33.1 Å². The van der Waals surface area contributed by atoms with Gasteiger partial charge >= 0.3 is 0 Å². The molecule has 1 aliphatic heterocycles. The van der Waals surface area contributed by atoms with Crippen LogP contribution in [0.3, 0.4) is 0 Å². The summed E-state index contributed by atoms with van der Waals surface area (Å²) in [5, 5.41) is 0.00933. The van der Waals surface area contributed by atoms with Gasteiger partial charge in [0.2, 0.25) is 0 Å². The van der Waals surface area contributed by atoms with Crippen LogP contribution >= 0.6 is 11.8 Å². The summed E-state index contributed by atoms with van der Waals surface area (Å²) in [6.45, 7) is 4.88. The molecule has 5 nitrogen and oxygen atoms in total. The number of hydrogen-bond acceptors (Lipinski definition) is 6. The minimum absolute atomic E-state index is 0.138. The van der Waals surface area contributed by atoms with Crippen LogP contribution < -0.4 is 4.90 Å². The first-order valence-electron chi connectivity index (χ1n) is 6.82. The van der Waals surface area contributed by atoms with Crippen molar-refractivity contribution in [3.05, 3.63) is 12.4 Å². The van der Waals surface area contributed by atoms with Crippen molar-refractivity contribution in [1.82, 2.24) is 9.97 Å². The van der Waals surface area contributed by atoms with Gasteiger partial charge in [0.15, 0.2) is 11.6 Å². The second-order valence-corrected chi connectivity index (χ2v) is 6.11. The first-order valence-corrected chi connectivity index (χ1v) is 7.70. The highest BCUT2D eigenvalue weighted by atomic mass is 32.2. The molecule has 0 radical (unpaired) electrons. The van der Waals surface area contributed by atoms with Crippen LogP contribution in [0.4, 0.5) is 5.82 Å². The molecule has 20 heavy (non-hydrogen) atoms. The lowest BCUT2D eigenvalue weighted by molar-refractivity contribution is -0.123. The summed E-state index contributed by atoms with van der Waals surface area (Å²) >= 11 is 1.21. The smallest absolute Gasteiger partial charge is 0.150 e. The average Bonchev–Trinajstić information content (AvgIpc) is 2.45. The van der Waals surface area contributed by atoms with Gasteiger partial charge in [-0.05, 0) is 33.1 Å². The largest absolute Gasteiger partial charge is 0.356 e. The Hall–Kier alpha value is -1.43. The van der Waals surface area contributed by atoms with Crippen LogP contribution in [0, 0.1) is 0 Å². The number of carbonyl (C=O) groups is 2. The molecule has 0 amide bonds. The molecule has 0 saturated carbocycles. The normalized spacial score (nSPS) is 15.4. The zero-order valence-corrected chi connectivity index (χ0v) is 12.7. The fraction of sp³-hybridized carbons (Fsp3) is 0.571. The number of piperidine rings is 1. The quantitative estimate of drug-likeness (QED) is 0.471. The topological polar surface area (TPSA) is 63.2 Å². The number of thioether (sulfide) groups is 1. The van der Waals surface area contributed by atoms with Gasteiger partial charge in [0.1, 0.15) is 22.4 Å². The number of carbonyl (C=O) groups excluding carboxylic acids is 2. The van der Waals surface area contributed by atoms with E-state index in [1.165, 1.54) is 51.2 Å². The number of anilines is 1. The van der Waals surface area contributed by atoms with E-state index in [1.54, 1.807) is 0 Å². The molecule has 2 heterocycles. The molecule has 0 spiro atoms. The van der Waals surface area contributed by atoms with Gasteiger partial charge in [-0.3, -0.25) is 9.59 Å². The van der Waals surface area contributed by atoms with Crippen molar-refractivity contribution in [2.45, 2.75) is 43.4 Å². The van der Waals surface area contributed by atoms with E-state index < -0.39 is 5.25 Å². The van der Waals surface area contributed by atoms with Gasteiger partial charge in [-0.15, -0.1) is 0 Å². The molecule has 0 aromatic carbocycles. The Kier molecular flexibility index (Phi) is 5.11. The maximum atomic E-state index is 11.5. The van der Waals surface area contributed by atoms with Gasteiger partial charge in [-0.25, -0.2) is 9.97 Å². The Morgan fingerprint density at radius 3 is 2.40 bits per heavy atom. The average molecular weight is 293 g/mol. The van der Waals surface area contributed by atoms with Gasteiger partial charge in [0.25, 0.3) is 0 Å². The van der Waals surface area contributed by atoms with Crippen molar-refractivity contribution >= 4 is 29.1 Å². The lowest BCUT2D eigenvalue weighted by Crippen LogP contribution is -2.30. The molecule has 1 aromatic rings. The summed E-state index contributed by atoms with van der Waals surface area (Å²) < 4.78 is 0. The Morgan fingerprint density at radius 1 is 1.15 bits per heavy atom. The van der Waals surface area contributed by atoms with E-state index in [0.29, 0.717) is 5.03 Å². The van der Waals surface area contributed by atoms with Crippen molar-refractivity contribution in [2.24, 2.45) is 0 Å². The number of rotatable bonds is 5. The predicted octanol–water partition coefficient (Wildman–Crippen LogP) is 2.11. The van der Waals surface area contributed by atoms with E-state index >= 15 is 0 Å². The van der Waals surface area contributed by atoms with Crippen molar-refractivity contribution in [3.63, 3.8) is 0 Å². The SMILES string of the molecule is CC(=O)C(Sc1cc(N2CCCCC2)ncn1)C(C)=O. The van der Waals surface area contributed by atoms with E-state index in [9.17, 15) is 9.59 Å². The van der Waals surface area contributed by atoms with E-state index in [1.807, 2.05) is 6.07 Å². The summed E-state index contributed by atoms with van der Waals surface area (Å²) in [5.41, 5.74) is 0. The Bertz CT molecular complexity index is 487. The van der Waals surface area contributed by atoms with E-state index in [2.05, 4.69) is 14.9 Å². The lowest BCUT2D eigenvalue weighted by atomic mass is 10.1. The molecule has 1 fully saturated rings. The number of hydrogen-bond donors (Lipinski definition) is 0. The second-order valence-electron chi connectivity index (χ2n) is 4.98. The molecule has 1 saturated heterocycles. The molecule has 0 N–H and O–H groups in total. The highest BCUT2D eigenvalue weighted by Gasteiger charge is 2.22. The van der Waals surface area contributed by atoms with Crippen molar-refractivity contribution in [2.75, 3.05) is 18.0 Å². The van der Waals surface area contributed by atoms with Gasteiger partial charge in [0, 0.05) is 19.2 Å². The van der Waals surface area contributed by atoms with Crippen molar-refractivity contribution < 1.29 is 9.59 Å². The van der Waals surface area contributed by atoms with Gasteiger partial charge in [0.05, 0.1) is 0 Å². The van der Waals surface area contributed by atoms with Crippen molar-refractivity contribution in [3.8, 4) is 0 Å². The molecule has 108 valence electrons. The summed E-state index contributed by atoms with van der Waals surface area (Å²) in [4.78, 5) is 33.6. The zero-order valence-electron chi connectivity index (χ0n) is 11.8. The zero-order chi connectivity index (χ0) is 14.5. The molecule has 1 aromatic heterocycles. The Balaban J connectivity index is 2.12. The number of Topliss-reactive ketones (excluding diaryl/α,β-unsaturated/α-hetero) is 2. The number of aromatic nitrogens is 2. The van der Waals surface area contributed by atoms with Crippen LogP contribution in [0.25, 0.3) is 0 Å². The van der Waals surface area contributed by atoms with Crippen LogP contribution in [-0.2, 0) is 9.59 Å². The number of nitrogens with zero attached hydrogens (tertiary/aromatic N) is 3. The first kappa shape index (κ1) is 15.0. The third kappa shape index (κ3) is 3.79. The lowest BCUT2D eigenvalue weighted by Gasteiger charge is -2.27. The van der Waals surface area contributed by atoms with E-state index in [0.717, 1.165) is 18.9 Å². The van der Waals surface area contributed by atoms with Crippen molar-refractivity contribution in [1.29, 1.82) is 0 Å². The number of ketones is 2. The van der Waals surface area contributed by atoms with Gasteiger partial charge < -0.3 is 4.90 Å². The standard InChI is InChI=1S/C14H19N3O2S/c1-10(18)14(11(2)19)20-13-8-12(15-9-16-13)17-6-4-3-5-7-17/h8-9,14H,3-7H2,1-2H3. The third-order valence-electron chi connectivity index (χ3n) is 3.28. The molecular formula is C14H19N3O2S. The van der Waals surface area contributed by atoms with Crippen LogP contribution in [-0.4, -0.2) is 39.9 Å². The summed E-state index contributed by atoms with van der Waals surface area (Å²) in [6.07, 6.45) is 5.12. The van der Waals surface area contributed by atoms with Crippen LogP contribution in [0.2, 0.25) is 0 Å². The fourth-order valence-corrected chi connectivity index (χ4v) is 3.12. The summed E-state index contributed by atoms with van der Waals surface area (Å²) in [6, 6.07) is 1.87. The highest BCUT2D eigenvalue weighted by Crippen LogP contribution is 2.26. The molecule has 2 rings (SSSR count). The third-order valence-corrected chi connectivity index (χ3v) is 4.65. The van der Waals surface area contributed by atoms with E-state index in [4.69, 9.17) is 0 Å². The molecular weight excluding hydrogens is 274 g/mol. The molecule has 1 aliphatic rings. The molecule has 0 unspecified atom stereocenters. The van der Waals surface area contributed by atoms with E-state index in [-0.39, 0.29) is 11.6 Å². The fourth-order valence-electron chi connectivity index (χ4n) is 2.26. The molecule has 0 bridgehead atoms. The Morgan fingerprint density at radius 2 is 1.80 bits per heavy atom. The molecule has 0 aliphatic carbocycles. The van der Waals surface area contributed by atoms with Gasteiger partial charge in [-0.2, -0.15) is 0 Å². The highest BCUT2D eigenvalue weighted by molar-refractivity contribution is 8.01. The predicted molar refractivity (Wildman–Crippen MR) is 79.1 cm³/mol. The minimum Gasteiger partial charge on any atom is -0.356 e. The summed E-state index contributed by atoms with van der Waals surface area (Å²) in [5.74, 6) is 0.606. The van der Waals surface area contributed by atoms with Gasteiger partial charge in [-0.1, -0.05) is 11.8 Å². The maximum Gasteiger partial charge on any atom is 0.150 e. The monoisotopic (exact) mass is 293 g/mol. The first-order chi connectivity index (χ1) is 9.58. The summed E-state index contributed by atoms with van der Waals surface area (Å²) in [7, 11) is 0. The molecule has 0 atom stereocenters.